The second kappa shape index (κ2) is 6.83. The number of aryl methyl sites for hydroxylation is 1. The first kappa shape index (κ1) is 15.7. The Morgan fingerprint density at radius 2 is 1.67 bits per heavy atom. The van der Waals surface area contributed by atoms with Crippen molar-refractivity contribution in [1.29, 1.82) is 0 Å². The first-order valence-electron chi connectivity index (χ1n) is 6.79. The van der Waals surface area contributed by atoms with Crippen molar-refractivity contribution >= 4 is 10.0 Å². The number of hydrogen-bond acceptors (Lipinski definition) is 2. The van der Waals surface area contributed by atoms with Crippen LogP contribution in [0, 0.1) is 5.82 Å². The van der Waals surface area contributed by atoms with E-state index in [9.17, 15) is 12.8 Å². The molecule has 5 heteroatoms. The normalized spacial score (nSPS) is 13.0. The summed E-state index contributed by atoms with van der Waals surface area (Å²) in [6.07, 6.45) is 1.50. The van der Waals surface area contributed by atoms with Crippen LogP contribution in [-0.4, -0.2) is 14.5 Å². The van der Waals surface area contributed by atoms with E-state index in [1.54, 1.807) is 0 Å². The van der Waals surface area contributed by atoms with E-state index in [0.717, 1.165) is 18.6 Å². The Bertz CT molecular complexity index is 669. The van der Waals surface area contributed by atoms with E-state index in [4.69, 9.17) is 0 Å². The Labute approximate surface area is 124 Å². The Morgan fingerprint density at radius 1 is 1.05 bits per heavy atom. The first-order chi connectivity index (χ1) is 9.97. The number of hydrogen-bond donors (Lipinski definition) is 1. The molecule has 3 nitrogen and oxygen atoms in total. The van der Waals surface area contributed by atoms with Crippen LogP contribution in [0.15, 0.2) is 59.5 Å². The molecule has 21 heavy (non-hydrogen) atoms. The molecular weight excluding hydrogens is 289 g/mol. The molecule has 1 atom stereocenters. The predicted molar refractivity (Wildman–Crippen MR) is 80.9 cm³/mol. The Morgan fingerprint density at radius 3 is 2.29 bits per heavy atom. The van der Waals surface area contributed by atoms with E-state index in [1.807, 2.05) is 37.3 Å². The first-order valence-corrected chi connectivity index (χ1v) is 8.27. The molecule has 0 spiro atoms. The van der Waals surface area contributed by atoms with Crippen LogP contribution in [0.25, 0.3) is 0 Å². The molecule has 0 saturated heterocycles. The summed E-state index contributed by atoms with van der Waals surface area (Å²) in [5, 5.41) is 0. The molecule has 0 aliphatic rings. The van der Waals surface area contributed by atoms with Crippen molar-refractivity contribution in [2.24, 2.45) is 0 Å². The highest BCUT2D eigenvalue weighted by Crippen LogP contribution is 2.12. The van der Waals surface area contributed by atoms with Gasteiger partial charge in [0.05, 0.1) is 4.90 Å². The third kappa shape index (κ3) is 4.65. The zero-order valence-corrected chi connectivity index (χ0v) is 12.6. The summed E-state index contributed by atoms with van der Waals surface area (Å²) in [4.78, 5) is 0.0791. The Balaban J connectivity index is 1.95. The maximum absolute atomic E-state index is 12.8. The summed E-state index contributed by atoms with van der Waals surface area (Å²) in [5.74, 6) is -0.453. The van der Waals surface area contributed by atoms with Gasteiger partial charge in [-0.2, -0.15) is 0 Å². The summed E-state index contributed by atoms with van der Waals surface area (Å²) >= 11 is 0. The lowest BCUT2D eigenvalue weighted by atomic mass is 10.1. The number of rotatable bonds is 6. The highest BCUT2D eigenvalue weighted by Gasteiger charge is 2.17. The summed E-state index contributed by atoms with van der Waals surface area (Å²) in [6.45, 7) is 1.82. The smallest absolute Gasteiger partial charge is 0.208 e. The molecule has 112 valence electrons. The van der Waals surface area contributed by atoms with Gasteiger partial charge in [-0.15, -0.1) is 0 Å². The molecule has 1 N–H and O–H groups in total. The molecule has 2 aromatic carbocycles. The molecule has 0 bridgehead atoms. The van der Waals surface area contributed by atoms with Crippen molar-refractivity contribution in [1.82, 2.24) is 4.72 Å². The topological polar surface area (TPSA) is 46.2 Å². The molecule has 0 unspecified atom stereocenters. The van der Waals surface area contributed by atoms with Gasteiger partial charge in [0, 0.05) is 6.04 Å². The number of sulfonamides is 1. The summed E-state index contributed by atoms with van der Waals surface area (Å²) in [7, 11) is -3.60. The molecule has 2 rings (SSSR count). The zero-order valence-electron chi connectivity index (χ0n) is 11.8. The van der Waals surface area contributed by atoms with Crippen LogP contribution >= 0.6 is 0 Å². The van der Waals surface area contributed by atoms with E-state index in [-0.39, 0.29) is 10.9 Å². The van der Waals surface area contributed by atoms with Gasteiger partial charge in [-0.3, -0.25) is 0 Å². The summed E-state index contributed by atoms with van der Waals surface area (Å²) in [6, 6.07) is 14.5. The van der Waals surface area contributed by atoms with E-state index in [1.165, 1.54) is 17.7 Å². The average Bonchev–Trinajstić information content (AvgIpc) is 2.46. The van der Waals surface area contributed by atoms with Gasteiger partial charge in [-0.05, 0) is 49.6 Å². The molecule has 0 radical (unpaired) electrons. The highest BCUT2D eigenvalue weighted by molar-refractivity contribution is 7.89. The van der Waals surface area contributed by atoms with Crippen molar-refractivity contribution < 1.29 is 12.8 Å². The van der Waals surface area contributed by atoms with Gasteiger partial charge in [0.25, 0.3) is 0 Å². The van der Waals surface area contributed by atoms with Gasteiger partial charge in [0.2, 0.25) is 10.0 Å². The number of benzene rings is 2. The van der Waals surface area contributed by atoms with Crippen molar-refractivity contribution in [2.75, 3.05) is 0 Å². The maximum atomic E-state index is 12.8. The van der Waals surface area contributed by atoms with Crippen LogP contribution in [0.3, 0.4) is 0 Å². The van der Waals surface area contributed by atoms with Gasteiger partial charge >= 0.3 is 0 Å². The molecule has 0 heterocycles. The average molecular weight is 307 g/mol. The highest BCUT2D eigenvalue weighted by atomic mass is 32.2. The number of halogens is 1. The monoisotopic (exact) mass is 307 g/mol. The largest absolute Gasteiger partial charge is 0.240 e. The molecular formula is C16H18FNO2S. The minimum atomic E-state index is -3.60. The molecule has 0 aliphatic carbocycles. The lowest BCUT2D eigenvalue weighted by molar-refractivity contribution is 0.546. The van der Waals surface area contributed by atoms with E-state index >= 15 is 0 Å². The van der Waals surface area contributed by atoms with Crippen LogP contribution in [0.2, 0.25) is 0 Å². The van der Waals surface area contributed by atoms with Gasteiger partial charge in [0.1, 0.15) is 5.82 Å². The summed E-state index contributed by atoms with van der Waals surface area (Å²) in [5.41, 5.74) is 1.17. The van der Waals surface area contributed by atoms with Crippen LogP contribution < -0.4 is 4.72 Å². The third-order valence-corrected chi connectivity index (χ3v) is 4.79. The lowest BCUT2D eigenvalue weighted by Gasteiger charge is -2.14. The predicted octanol–water partition coefficient (Wildman–Crippen LogP) is 3.13. The molecule has 0 amide bonds. The zero-order chi connectivity index (χ0) is 15.3. The molecule has 2 aromatic rings. The molecule has 0 aliphatic heterocycles. The van der Waals surface area contributed by atoms with E-state index in [2.05, 4.69) is 4.72 Å². The third-order valence-electron chi connectivity index (χ3n) is 3.19. The second-order valence-corrected chi connectivity index (χ2v) is 6.71. The minimum absolute atomic E-state index is 0.0791. The number of nitrogens with one attached hydrogen (secondary N) is 1. The van der Waals surface area contributed by atoms with Crippen LogP contribution in [-0.2, 0) is 16.4 Å². The summed E-state index contributed by atoms with van der Waals surface area (Å²) < 4.78 is 39.7. The van der Waals surface area contributed by atoms with Crippen molar-refractivity contribution in [2.45, 2.75) is 30.7 Å². The van der Waals surface area contributed by atoms with Crippen molar-refractivity contribution in [3.05, 3.63) is 66.0 Å². The van der Waals surface area contributed by atoms with Crippen LogP contribution in [0.5, 0.6) is 0 Å². The quantitative estimate of drug-likeness (QED) is 0.891. The standard InChI is InChI=1S/C16H18FNO2S/c1-13(7-8-14-5-3-2-4-6-14)18-21(19,20)16-11-9-15(17)10-12-16/h2-6,9-13,18H,7-8H2,1H3/t13-/m1/s1. The maximum Gasteiger partial charge on any atom is 0.240 e. The molecule has 0 saturated carbocycles. The molecule has 0 aromatic heterocycles. The van der Waals surface area contributed by atoms with Gasteiger partial charge < -0.3 is 0 Å². The Hall–Kier alpha value is -1.72. The fourth-order valence-electron chi connectivity index (χ4n) is 2.03. The van der Waals surface area contributed by atoms with E-state index < -0.39 is 15.8 Å². The van der Waals surface area contributed by atoms with Crippen LogP contribution in [0.1, 0.15) is 18.9 Å². The van der Waals surface area contributed by atoms with Gasteiger partial charge in [0.15, 0.2) is 0 Å². The Kier molecular flexibility index (Phi) is 5.09. The van der Waals surface area contributed by atoms with Gasteiger partial charge in [-0.1, -0.05) is 30.3 Å². The minimum Gasteiger partial charge on any atom is -0.208 e. The van der Waals surface area contributed by atoms with Crippen molar-refractivity contribution in [3.63, 3.8) is 0 Å². The van der Waals surface area contributed by atoms with Gasteiger partial charge in [-0.25, -0.2) is 17.5 Å². The second-order valence-electron chi connectivity index (χ2n) is 5.00. The molecule has 0 fully saturated rings. The van der Waals surface area contributed by atoms with Crippen molar-refractivity contribution in [3.8, 4) is 0 Å². The lowest BCUT2D eigenvalue weighted by Crippen LogP contribution is -2.32. The van der Waals surface area contributed by atoms with E-state index in [0.29, 0.717) is 6.42 Å². The van der Waals surface area contributed by atoms with Crippen LogP contribution in [0.4, 0.5) is 4.39 Å². The SMILES string of the molecule is C[C@H](CCc1ccccc1)NS(=O)(=O)c1ccc(F)cc1. The fourth-order valence-corrected chi connectivity index (χ4v) is 3.31. The fraction of sp³-hybridized carbons (Fsp3) is 0.250.